The number of benzene rings is 7. The lowest BCUT2D eigenvalue weighted by atomic mass is 10.1. The Morgan fingerprint density at radius 1 is 0.368 bits per heavy atom. The molecule has 57 heavy (non-hydrogen) atoms. The van der Waals surface area contributed by atoms with E-state index in [2.05, 4.69) is 97.1 Å². The average molecular weight is 766 g/mol. The molecule has 6 nitrogen and oxygen atoms in total. The second kappa shape index (κ2) is 12.7. The summed E-state index contributed by atoms with van der Waals surface area (Å²) >= 11 is 3.53. The van der Waals surface area contributed by atoms with E-state index in [4.69, 9.17) is 29.3 Å². The summed E-state index contributed by atoms with van der Waals surface area (Å²) in [5.74, 6) is 2.57. The molecule has 0 atom stereocenters. The molecule has 0 amide bonds. The molecule has 0 saturated heterocycles. The summed E-state index contributed by atoms with van der Waals surface area (Å²) in [4.78, 5) is 25.6. The molecule has 0 radical (unpaired) electrons. The minimum Gasteiger partial charge on any atom is -0.452 e. The first-order chi connectivity index (χ1) is 28.2. The van der Waals surface area contributed by atoms with Crippen molar-refractivity contribution in [2.45, 2.75) is 0 Å². The molecule has 7 aromatic carbocycles. The number of hydrogen-bond acceptors (Lipinski definition) is 8. The quantitative estimate of drug-likeness (QED) is 0.174. The number of rotatable bonds is 5. The maximum absolute atomic E-state index is 6.39. The van der Waals surface area contributed by atoms with Crippen LogP contribution in [0.2, 0.25) is 0 Å². The minimum atomic E-state index is 0.628. The third-order valence-electron chi connectivity index (χ3n) is 10.6. The minimum absolute atomic E-state index is 0.628. The van der Waals surface area contributed by atoms with E-state index in [0.717, 1.165) is 70.2 Å². The van der Waals surface area contributed by atoms with Crippen molar-refractivity contribution in [1.29, 1.82) is 0 Å². The van der Waals surface area contributed by atoms with E-state index in [-0.39, 0.29) is 0 Å². The van der Waals surface area contributed by atoms with Crippen molar-refractivity contribution < 1.29 is 4.42 Å². The van der Waals surface area contributed by atoms with Crippen molar-refractivity contribution in [2.75, 3.05) is 0 Å². The molecule has 8 heteroatoms. The van der Waals surface area contributed by atoms with Crippen LogP contribution < -0.4 is 0 Å². The highest BCUT2D eigenvalue weighted by atomic mass is 32.1. The van der Waals surface area contributed by atoms with Crippen molar-refractivity contribution in [3.8, 4) is 56.8 Å². The molecular formula is C49H27N5OS2. The first-order valence-corrected chi connectivity index (χ1v) is 20.3. The Labute approximate surface area is 333 Å². The summed E-state index contributed by atoms with van der Waals surface area (Å²) in [6.45, 7) is 0. The van der Waals surface area contributed by atoms with Gasteiger partial charge in [0.2, 0.25) is 0 Å². The van der Waals surface area contributed by atoms with Gasteiger partial charge in [-0.2, -0.15) is 0 Å². The molecule has 0 fully saturated rings. The predicted molar refractivity (Wildman–Crippen MR) is 236 cm³/mol. The Bertz CT molecular complexity index is 3540. The van der Waals surface area contributed by atoms with Crippen LogP contribution >= 0.6 is 22.7 Å². The summed E-state index contributed by atoms with van der Waals surface area (Å²) in [7, 11) is 0. The van der Waals surface area contributed by atoms with Crippen molar-refractivity contribution in [3.05, 3.63) is 164 Å². The highest BCUT2D eigenvalue weighted by molar-refractivity contribution is 7.26. The van der Waals surface area contributed by atoms with Gasteiger partial charge in [-0.3, -0.25) is 0 Å². The van der Waals surface area contributed by atoms with Crippen molar-refractivity contribution >= 4 is 85.1 Å². The van der Waals surface area contributed by atoms with Gasteiger partial charge in [0.05, 0.1) is 0 Å². The van der Waals surface area contributed by atoms with Gasteiger partial charge in [-0.25, -0.2) is 24.9 Å². The smallest absolute Gasteiger partial charge is 0.180 e. The summed E-state index contributed by atoms with van der Waals surface area (Å²) < 4.78 is 11.1. The third kappa shape index (κ3) is 5.26. The summed E-state index contributed by atoms with van der Waals surface area (Å²) in [5, 5.41) is 5.79. The van der Waals surface area contributed by atoms with Gasteiger partial charge in [-0.05, 0) is 36.4 Å². The normalized spacial score (nSPS) is 11.9. The molecule has 0 N–H and O–H groups in total. The molecule has 0 bridgehead atoms. The number of fused-ring (bicyclic) bond motifs is 9. The molecule has 12 aromatic rings. The third-order valence-corrected chi connectivity index (χ3v) is 12.9. The van der Waals surface area contributed by atoms with Crippen molar-refractivity contribution in [2.24, 2.45) is 0 Å². The largest absolute Gasteiger partial charge is 0.452 e. The maximum atomic E-state index is 6.39. The van der Waals surface area contributed by atoms with E-state index in [9.17, 15) is 0 Å². The summed E-state index contributed by atoms with van der Waals surface area (Å²) in [6, 6.07) is 56.4. The molecule has 266 valence electrons. The first-order valence-electron chi connectivity index (χ1n) is 18.7. The lowest BCUT2D eigenvalue weighted by Gasteiger charge is -2.09. The summed E-state index contributed by atoms with van der Waals surface area (Å²) in [6.07, 6.45) is 0. The number of hydrogen-bond donors (Lipinski definition) is 0. The van der Waals surface area contributed by atoms with Crippen LogP contribution in [-0.2, 0) is 0 Å². The van der Waals surface area contributed by atoms with Gasteiger partial charge in [0, 0.05) is 73.5 Å². The molecule has 5 heterocycles. The standard InChI is InChI=1S/C49H27N5OS2/c1-3-12-28(13-4-1)42-44-43(36-17-7-9-20-38(36)55-44)51-49(50-42)37-19-11-18-35-34-25-23-31(27-41(34)57-45(35)37)48-53-46(29-14-5-2-6-15-29)52-47(54-48)30-22-24-33-32-16-8-10-21-39(32)56-40(33)26-30/h1-27H. The van der Waals surface area contributed by atoms with Crippen molar-refractivity contribution in [3.63, 3.8) is 0 Å². The first kappa shape index (κ1) is 32.1. The monoisotopic (exact) mass is 765 g/mol. The van der Waals surface area contributed by atoms with Gasteiger partial charge in [0.15, 0.2) is 28.9 Å². The second-order valence-electron chi connectivity index (χ2n) is 14.0. The van der Waals surface area contributed by atoms with E-state index in [1.807, 2.05) is 66.7 Å². The highest BCUT2D eigenvalue weighted by Crippen LogP contribution is 2.43. The topological polar surface area (TPSA) is 77.6 Å². The van der Waals surface area contributed by atoms with Gasteiger partial charge < -0.3 is 4.42 Å². The van der Waals surface area contributed by atoms with Gasteiger partial charge >= 0.3 is 0 Å². The van der Waals surface area contributed by atoms with Crippen LogP contribution in [0.1, 0.15) is 0 Å². The highest BCUT2D eigenvalue weighted by Gasteiger charge is 2.21. The Morgan fingerprint density at radius 2 is 0.947 bits per heavy atom. The average Bonchev–Trinajstić information content (AvgIpc) is 3.97. The lowest BCUT2D eigenvalue weighted by Crippen LogP contribution is -2.00. The Hall–Kier alpha value is -7.13. The molecular weight excluding hydrogens is 739 g/mol. The fourth-order valence-corrected chi connectivity index (χ4v) is 10.2. The van der Waals surface area contributed by atoms with Crippen LogP contribution in [0.15, 0.2) is 168 Å². The zero-order chi connectivity index (χ0) is 37.5. The van der Waals surface area contributed by atoms with Gasteiger partial charge in [-0.1, -0.05) is 127 Å². The number of para-hydroxylation sites is 1. The van der Waals surface area contributed by atoms with Crippen LogP contribution in [0.3, 0.4) is 0 Å². The molecule has 0 aliphatic carbocycles. The second-order valence-corrected chi connectivity index (χ2v) is 16.2. The van der Waals surface area contributed by atoms with Crippen LogP contribution in [0, 0.1) is 0 Å². The van der Waals surface area contributed by atoms with E-state index in [1.165, 1.54) is 20.2 Å². The molecule has 0 aliphatic rings. The molecule has 0 aliphatic heterocycles. The van der Waals surface area contributed by atoms with Crippen LogP contribution in [0.5, 0.6) is 0 Å². The predicted octanol–water partition coefficient (Wildman–Crippen LogP) is 13.6. The molecule has 0 unspecified atom stereocenters. The fourth-order valence-electron chi connectivity index (χ4n) is 7.83. The molecule has 12 rings (SSSR count). The van der Waals surface area contributed by atoms with Gasteiger partial charge in [-0.15, -0.1) is 22.7 Å². The number of nitrogens with zero attached hydrogens (tertiary/aromatic N) is 5. The van der Waals surface area contributed by atoms with Crippen LogP contribution in [0.25, 0.3) is 119 Å². The van der Waals surface area contributed by atoms with Gasteiger partial charge in [0.25, 0.3) is 0 Å². The zero-order valence-electron chi connectivity index (χ0n) is 30.0. The zero-order valence-corrected chi connectivity index (χ0v) is 31.7. The van der Waals surface area contributed by atoms with E-state index < -0.39 is 0 Å². The lowest BCUT2D eigenvalue weighted by molar-refractivity contribution is 0.667. The Balaban J connectivity index is 1.02. The molecule has 5 aromatic heterocycles. The van der Waals surface area contributed by atoms with E-state index >= 15 is 0 Å². The van der Waals surface area contributed by atoms with E-state index in [1.54, 1.807) is 22.7 Å². The SMILES string of the molecule is c1ccc(-c2nc(-c3ccc4c(c3)sc3ccccc34)nc(-c3ccc4c(c3)sc3c(-c5nc(-c6ccccc6)c6oc7ccccc7c6n5)cccc34)n2)cc1. The number of aromatic nitrogens is 5. The number of furan rings is 1. The Morgan fingerprint density at radius 3 is 1.70 bits per heavy atom. The van der Waals surface area contributed by atoms with Crippen LogP contribution in [0.4, 0.5) is 0 Å². The Kier molecular flexibility index (Phi) is 7.17. The van der Waals surface area contributed by atoms with Gasteiger partial charge in [0.1, 0.15) is 16.8 Å². The fraction of sp³-hybridized carbons (Fsp3) is 0. The molecule has 0 spiro atoms. The van der Waals surface area contributed by atoms with E-state index in [0.29, 0.717) is 28.9 Å². The van der Waals surface area contributed by atoms with Crippen molar-refractivity contribution in [1.82, 2.24) is 24.9 Å². The number of thiophene rings is 2. The summed E-state index contributed by atoms with van der Waals surface area (Å²) in [5.41, 5.74) is 7.84. The van der Waals surface area contributed by atoms with Crippen LogP contribution in [-0.4, -0.2) is 24.9 Å². The maximum Gasteiger partial charge on any atom is 0.180 e. The molecule has 0 saturated carbocycles.